The molecule has 1 atom stereocenters. The van der Waals surface area contributed by atoms with E-state index in [0.29, 0.717) is 30.0 Å². The van der Waals surface area contributed by atoms with Crippen molar-refractivity contribution < 1.29 is 31.6 Å². The predicted molar refractivity (Wildman–Crippen MR) is 138 cm³/mol. The molecule has 0 aliphatic carbocycles. The monoisotopic (exact) mass is 561 g/mol. The Morgan fingerprint density at radius 1 is 1.08 bits per heavy atom. The number of carbonyl (C=O) groups excluding carboxylic acids is 1. The maximum atomic E-state index is 13.5. The van der Waals surface area contributed by atoms with Crippen LogP contribution in [0, 0.1) is 6.92 Å². The topological polar surface area (TPSA) is 99.4 Å². The Hall–Kier alpha value is -3.84. The predicted octanol–water partition coefficient (Wildman–Crippen LogP) is 4.13. The molecule has 0 radical (unpaired) electrons. The van der Waals surface area contributed by atoms with Gasteiger partial charge >= 0.3 is 12.1 Å². The summed E-state index contributed by atoms with van der Waals surface area (Å²) in [7, 11) is 0.141. The van der Waals surface area contributed by atoms with Crippen molar-refractivity contribution in [2.24, 2.45) is 0 Å². The highest BCUT2D eigenvalue weighted by Gasteiger charge is 2.29. The molecule has 0 amide bonds. The summed E-state index contributed by atoms with van der Waals surface area (Å²) in [5.74, 6) is -0.560. The van der Waals surface area contributed by atoms with Crippen LogP contribution in [0.2, 0.25) is 0 Å². The van der Waals surface area contributed by atoms with Crippen molar-refractivity contribution in [1.82, 2.24) is 24.4 Å². The van der Waals surface area contributed by atoms with Crippen molar-refractivity contribution in [2.75, 3.05) is 26.8 Å². The smallest absolute Gasteiger partial charge is 0.422 e. The second-order valence-electron chi connectivity index (χ2n) is 8.66. The largest absolute Gasteiger partial charge is 0.484 e. The van der Waals surface area contributed by atoms with E-state index in [0.717, 1.165) is 5.52 Å². The molecule has 0 aliphatic heterocycles. The zero-order valence-electron chi connectivity index (χ0n) is 21.2. The number of ether oxygens (including phenoxy) is 2. The number of halogens is 3. The molecule has 0 N–H and O–H groups in total. The average Bonchev–Trinajstić information content (AvgIpc) is 3.27. The zero-order chi connectivity index (χ0) is 28.0. The Bertz CT molecular complexity index is 1460. The van der Waals surface area contributed by atoms with Gasteiger partial charge in [0.25, 0.3) is 0 Å². The number of aromatic nitrogens is 4. The molecule has 4 aromatic rings. The van der Waals surface area contributed by atoms with Crippen LogP contribution < -0.4 is 4.74 Å². The molecule has 0 bridgehead atoms. The number of alkyl halides is 3. The third-order valence-corrected chi connectivity index (χ3v) is 6.96. The molecule has 4 rings (SSSR count). The van der Waals surface area contributed by atoms with E-state index in [4.69, 9.17) is 9.47 Å². The number of benzene rings is 1. The summed E-state index contributed by atoms with van der Waals surface area (Å²) < 4.78 is 63.4. The minimum atomic E-state index is -4.48. The lowest BCUT2D eigenvalue weighted by atomic mass is 10.2. The molecule has 3 heterocycles. The molecule has 0 spiro atoms. The second kappa shape index (κ2) is 12.3. The highest BCUT2D eigenvalue weighted by Crippen LogP contribution is 2.26. The van der Waals surface area contributed by atoms with E-state index in [1.807, 2.05) is 30.1 Å². The van der Waals surface area contributed by atoms with Gasteiger partial charge in [-0.25, -0.2) is 14.8 Å². The van der Waals surface area contributed by atoms with E-state index in [1.165, 1.54) is 18.5 Å². The summed E-state index contributed by atoms with van der Waals surface area (Å²) in [5, 5.41) is 0.288. The first kappa shape index (κ1) is 28.2. The number of esters is 1. The van der Waals surface area contributed by atoms with Crippen molar-refractivity contribution >= 4 is 27.8 Å². The summed E-state index contributed by atoms with van der Waals surface area (Å²) in [6.07, 6.45) is -1.64. The Morgan fingerprint density at radius 2 is 1.85 bits per heavy atom. The molecule has 0 unspecified atom stereocenters. The van der Waals surface area contributed by atoms with Gasteiger partial charge in [0.15, 0.2) is 6.61 Å². The van der Waals surface area contributed by atoms with Crippen molar-refractivity contribution in [3.63, 3.8) is 0 Å². The Labute approximate surface area is 225 Å². The number of nitrogens with zero attached hydrogens (tertiary/aromatic N) is 5. The number of rotatable bonds is 11. The molecule has 0 fully saturated rings. The van der Waals surface area contributed by atoms with Gasteiger partial charge in [-0.05, 0) is 44.3 Å². The molecule has 9 nitrogen and oxygen atoms in total. The lowest BCUT2D eigenvalue weighted by molar-refractivity contribution is -0.153. The van der Waals surface area contributed by atoms with Gasteiger partial charge < -0.3 is 14.0 Å². The third-order valence-electron chi connectivity index (χ3n) is 5.70. The van der Waals surface area contributed by atoms with Gasteiger partial charge in [-0.15, -0.1) is 0 Å². The van der Waals surface area contributed by atoms with Crippen LogP contribution in [0.1, 0.15) is 21.7 Å². The van der Waals surface area contributed by atoms with Crippen LogP contribution in [0.15, 0.2) is 66.1 Å². The number of imidazole rings is 1. The number of para-hydroxylation sites is 2. The van der Waals surface area contributed by atoms with Gasteiger partial charge in [0.2, 0.25) is 5.16 Å². The zero-order valence-corrected chi connectivity index (χ0v) is 22.0. The van der Waals surface area contributed by atoms with Crippen LogP contribution in [0.25, 0.3) is 11.0 Å². The van der Waals surface area contributed by atoms with Crippen molar-refractivity contribution in [2.45, 2.75) is 30.7 Å². The minimum Gasteiger partial charge on any atom is -0.484 e. The maximum absolute atomic E-state index is 13.5. The Morgan fingerprint density at radius 3 is 2.59 bits per heavy atom. The number of pyridine rings is 2. The molecule has 13 heteroatoms. The standard InChI is InChI=1S/C26H26F3N5O4S/c1-18-21(31-12-10-23(18)38-16-26(27,28)29)15-39(36)25-32-19-7-3-4-9-22(19)34(25)17-33(2)13-14-37-24(35)20-8-5-6-11-30-20/h3-12H,13-17H2,1-2H3/t39-/m1/s1. The molecule has 1 aromatic carbocycles. The minimum absolute atomic E-state index is 0.0304. The second-order valence-corrected chi connectivity index (χ2v) is 10.0. The summed E-state index contributed by atoms with van der Waals surface area (Å²) >= 11 is 0. The number of hydrogen-bond donors (Lipinski definition) is 0. The van der Waals surface area contributed by atoms with E-state index in [-0.39, 0.29) is 29.0 Å². The molecular weight excluding hydrogens is 535 g/mol. The summed E-state index contributed by atoms with van der Waals surface area (Å²) in [6, 6.07) is 13.6. The molecule has 0 saturated carbocycles. The maximum Gasteiger partial charge on any atom is 0.422 e. The van der Waals surface area contributed by atoms with E-state index >= 15 is 0 Å². The lowest BCUT2D eigenvalue weighted by Gasteiger charge is -2.19. The van der Waals surface area contributed by atoms with E-state index < -0.39 is 29.6 Å². The number of likely N-dealkylation sites (N-methyl/N-ethyl adjacent to an activating group) is 1. The lowest BCUT2D eigenvalue weighted by Crippen LogP contribution is -2.28. The first-order chi connectivity index (χ1) is 18.6. The number of fused-ring (bicyclic) bond motifs is 1. The summed E-state index contributed by atoms with van der Waals surface area (Å²) in [4.78, 5) is 26.8. The van der Waals surface area contributed by atoms with Crippen LogP contribution in [-0.2, 0) is 28.0 Å². The quantitative estimate of drug-likeness (QED) is 0.252. The van der Waals surface area contributed by atoms with Crippen LogP contribution in [0.3, 0.4) is 0 Å². The molecule has 0 aliphatic rings. The average molecular weight is 562 g/mol. The van der Waals surface area contributed by atoms with E-state index in [9.17, 15) is 22.2 Å². The van der Waals surface area contributed by atoms with Gasteiger partial charge in [-0.1, -0.05) is 18.2 Å². The summed E-state index contributed by atoms with van der Waals surface area (Å²) in [6.45, 7) is 0.943. The SMILES string of the molecule is Cc1c(OCC(F)(F)F)ccnc1C[S@@](=O)c1nc2ccccc2n1CN(C)CCOC(=O)c1ccccn1. The van der Waals surface area contributed by atoms with Gasteiger partial charge in [-0.2, -0.15) is 13.2 Å². The molecule has 0 saturated heterocycles. The Balaban J connectivity index is 1.47. The van der Waals surface area contributed by atoms with Crippen LogP contribution >= 0.6 is 0 Å². The fraction of sp³-hybridized carbons (Fsp3) is 0.308. The molecular formula is C26H26F3N5O4S. The normalized spacial score (nSPS) is 12.6. The summed E-state index contributed by atoms with van der Waals surface area (Å²) in [5.41, 5.74) is 2.34. The highest BCUT2D eigenvalue weighted by atomic mass is 32.2. The Kier molecular flexibility index (Phi) is 8.92. The van der Waals surface area contributed by atoms with Gasteiger partial charge in [-0.3, -0.25) is 14.1 Å². The number of carbonyl (C=O) groups is 1. The van der Waals surface area contributed by atoms with Gasteiger partial charge in [0.1, 0.15) is 18.1 Å². The first-order valence-corrected chi connectivity index (χ1v) is 13.2. The van der Waals surface area contributed by atoms with Crippen LogP contribution in [-0.4, -0.2) is 67.6 Å². The van der Waals surface area contributed by atoms with Crippen molar-refractivity contribution in [3.05, 3.63) is 77.9 Å². The first-order valence-electron chi connectivity index (χ1n) is 11.9. The van der Waals surface area contributed by atoms with Gasteiger partial charge in [0.05, 0.1) is 39.9 Å². The molecule has 3 aromatic heterocycles. The third kappa shape index (κ3) is 7.39. The van der Waals surface area contributed by atoms with Crippen molar-refractivity contribution in [3.8, 4) is 5.75 Å². The van der Waals surface area contributed by atoms with Crippen LogP contribution in [0.4, 0.5) is 13.2 Å². The van der Waals surface area contributed by atoms with Gasteiger partial charge in [0, 0.05) is 24.5 Å². The fourth-order valence-corrected chi connectivity index (χ4v) is 5.01. The van der Waals surface area contributed by atoms with Crippen LogP contribution in [0.5, 0.6) is 5.75 Å². The molecule has 39 heavy (non-hydrogen) atoms. The van der Waals surface area contributed by atoms with E-state index in [1.54, 1.807) is 35.8 Å². The fourth-order valence-electron chi connectivity index (χ4n) is 3.74. The highest BCUT2D eigenvalue weighted by molar-refractivity contribution is 7.84. The van der Waals surface area contributed by atoms with E-state index in [2.05, 4.69) is 15.0 Å². The molecule has 206 valence electrons. The number of hydrogen-bond acceptors (Lipinski definition) is 8. The van der Waals surface area contributed by atoms with Crippen molar-refractivity contribution in [1.29, 1.82) is 0 Å².